The Morgan fingerprint density at radius 3 is 2.56 bits per heavy atom. The number of piperidine rings is 1. The lowest BCUT2D eigenvalue weighted by atomic mass is 9.80. The predicted octanol–water partition coefficient (Wildman–Crippen LogP) is 6.00. The summed E-state index contributed by atoms with van der Waals surface area (Å²) in [6.45, 7) is 14.3. The van der Waals surface area contributed by atoms with Gasteiger partial charge < -0.3 is 15.4 Å². The highest BCUT2D eigenvalue weighted by Crippen LogP contribution is 2.33. The molecule has 2 aliphatic rings. The number of halogens is 1. The molecule has 2 N–H and O–H groups in total. The first kappa shape index (κ1) is 24.0. The number of amides is 1. The molecule has 1 aromatic rings. The summed E-state index contributed by atoms with van der Waals surface area (Å²) in [5.41, 5.74) is 2.45. The molecular weight excluding hydrogens is 403 g/mol. The van der Waals surface area contributed by atoms with Gasteiger partial charge >= 0.3 is 0 Å². The van der Waals surface area contributed by atoms with Crippen molar-refractivity contribution in [1.29, 1.82) is 0 Å². The lowest BCUT2D eigenvalue weighted by Crippen LogP contribution is -2.32. The molecule has 1 atom stereocenters. The van der Waals surface area contributed by atoms with Crippen molar-refractivity contribution in [2.75, 3.05) is 18.4 Å². The highest BCUT2D eigenvalue weighted by molar-refractivity contribution is 6.07. The van der Waals surface area contributed by atoms with Crippen molar-refractivity contribution in [3.05, 3.63) is 71.8 Å². The van der Waals surface area contributed by atoms with Crippen LogP contribution in [0.15, 0.2) is 60.4 Å². The van der Waals surface area contributed by atoms with E-state index in [-0.39, 0.29) is 23.3 Å². The van der Waals surface area contributed by atoms with Crippen molar-refractivity contribution in [2.24, 2.45) is 11.3 Å². The summed E-state index contributed by atoms with van der Waals surface area (Å²) >= 11 is 0. The maximum absolute atomic E-state index is 14.0. The first-order valence-electron chi connectivity index (χ1n) is 11.5. The molecule has 1 aliphatic heterocycles. The highest BCUT2D eigenvalue weighted by Gasteiger charge is 2.25. The monoisotopic (exact) mass is 438 g/mol. The molecule has 5 heteroatoms. The van der Waals surface area contributed by atoms with Crippen molar-refractivity contribution in [3.8, 4) is 0 Å². The van der Waals surface area contributed by atoms with E-state index in [0.29, 0.717) is 23.4 Å². The minimum Gasteiger partial charge on any atom is -0.490 e. The van der Waals surface area contributed by atoms with Gasteiger partial charge in [0.15, 0.2) is 0 Å². The van der Waals surface area contributed by atoms with Crippen molar-refractivity contribution < 1.29 is 13.9 Å². The summed E-state index contributed by atoms with van der Waals surface area (Å²) in [5.74, 6) is -0.00828. The van der Waals surface area contributed by atoms with Gasteiger partial charge in [0.2, 0.25) is 0 Å². The third-order valence-corrected chi connectivity index (χ3v) is 6.05. The van der Waals surface area contributed by atoms with Crippen LogP contribution >= 0.6 is 0 Å². The molecule has 0 radical (unpaired) electrons. The lowest BCUT2D eigenvalue weighted by molar-refractivity contribution is -0.112. The second kappa shape index (κ2) is 10.3. The van der Waals surface area contributed by atoms with Crippen LogP contribution in [0.2, 0.25) is 0 Å². The minimum atomic E-state index is -0.405. The first-order valence-corrected chi connectivity index (χ1v) is 11.5. The minimum absolute atomic E-state index is 0.00733. The van der Waals surface area contributed by atoms with Crippen LogP contribution in [-0.4, -0.2) is 25.1 Å². The third kappa shape index (κ3) is 5.98. The van der Waals surface area contributed by atoms with Gasteiger partial charge in [-0.15, -0.1) is 0 Å². The summed E-state index contributed by atoms with van der Waals surface area (Å²) in [4.78, 5) is 13.4. The fraction of sp³-hybridized carbons (Fsp3) is 0.444. The number of carbonyl (C=O) groups excluding carboxylic acids is 1. The number of nitrogens with one attached hydrogen (secondary N) is 2. The Morgan fingerprint density at radius 2 is 1.91 bits per heavy atom. The second-order valence-electron chi connectivity index (χ2n) is 9.56. The summed E-state index contributed by atoms with van der Waals surface area (Å²) in [7, 11) is 0. The number of ether oxygens (including phenoxy) is 1. The van der Waals surface area contributed by atoms with E-state index in [1.165, 1.54) is 12.1 Å². The Morgan fingerprint density at radius 1 is 1.22 bits per heavy atom. The van der Waals surface area contributed by atoms with Gasteiger partial charge in [-0.25, -0.2) is 4.39 Å². The normalized spacial score (nSPS) is 19.6. The SMILES string of the molecule is C=C(CC)c1ccc(F)cc1NC(=O)C1=C(OC2CCNCC2)C=CC(C(C)(C)C)C=C1. The number of hydrogen-bond donors (Lipinski definition) is 2. The Hall–Kier alpha value is -2.66. The van der Waals surface area contributed by atoms with Crippen molar-refractivity contribution in [1.82, 2.24) is 5.32 Å². The molecule has 1 unspecified atom stereocenters. The maximum Gasteiger partial charge on any atom is 0.259 e. The number of allylic oxidation sites excluding steroid dienone is 4. The molecule has 0 aromatic heterocycles. The van der Waals surface area contributed by atoms with Crippen LogP contribution in [0, 0.1) is 17.2 Å². The second-order valence-corrected chi connectivity index (χ2v) is 9.56. The Balaban J connectivity index is 1.94. The van der Waals surface area contributed by atoms with E-state index in [1.807, 2.05) is 25.2 Å². The number of benzene rings is 1. The Kier molecular flexibility index (Phi) is 7.73. The van der Waals surface area contributed by atoms with E-state index >= 15 is 0 Å². The van der Waals surface area contributed by atoms with Gasteiger partial charge in [0.05, 0.1) is 11.3 Å². The smallest absolute Gasteiger partial charge is 0.259 e. The molecule has 1 heterocycles. The fourth-order valence-electron chi connectivity index (χ4n) is 3.90. The van der Waals surface area contributed by atoms with Gasteiger partial charge in [0.1, 0.15) is 17.7 Å². The molecule has 32 heavy (non-hydrogen) atoms. The lowest BCUT2D eigenvalue weighted by Gasteiger charge is -2.25. The van der Waals surface area contributed by atoms with Gasteiger partial charge in [0, 0.05) is 11.5 Å². The molecule has 0 spiro atoms. The molecule has 0 saturated carbocycles. The van der Waals surface area contributed by atoms with Crippen molar-refractivity contribution in [3.63, 3.8) is 0 Å². The molecule has 1 saturated heterocycles. The van der Waals surface area contributed by atoms with E-state index in [4.69, 9.17) is 4.74 Å². The van der Waals surface area contributed by atoms with Crippen LogP contribution in [0.3, 0.4) is 0 Å². The van der Waals surface area contributed by atoms with Crippen LogP contribution in [-0.2, 0) is 9.53 Å². The van der Waals surface area contributed by atoms with E-state index in [1.54, 1.807) is 6.07 Å². The Bertz CT molecular complexity index is 947. The summed E-state index contributed by atoms with van der Waals surface area (Å²) < 4.78 is 20.3. The zero-order chi connectivity index (χ0) is 23.3. The molecule has 0 bridgehead atoms. The Labute approximate surface area is 191 Å². The number of rotatable bonds is 6. The molecule has 1 aliphatic carbocycles. The highest BCUT2D eigenvalue weighted by atomic mass is 19.1. The number of anilines is 1. The van der Waals surface area contributed by atoms with Crippen LogP contribution in [0.5, 0.6) is 0 Å². The molecule has 1 amide bonds. The van der Waals surface area contributed by atoms with Crippen LogP contribution in [0.25, 0.3) is 5.57 Å². The zero-order valence-corrected chi connectivity index (χ0v) is 19.6. The molecule has 1 fully saturated rings. The average Bonchev–Trinajstić information content (AvgIpc) is 2.97. The zero-order valence-electron chi connectivity index (χ0n) is 19.6. The third-order valence-electron chi connectivity index (χ3n) is 6.05. The van der Waals surface area contributed by atoms with Crippen LogP contribution < -0.4 is 10.6 Å². The van der Waals surface area contributed by atoms with Gasteiger partial charge in [-0.2, -0.15) is 0 Å². The van der Waals surface area contributed by atoms with E-state index in [0.717, 1.165) is 37.1 Å². The topological polar surface area (TPSA) is 50.4 Å². The van der Waals surface area contributed by atoms with E-state index < -0.39 is 5.82 Å². The maximum atomic E-state index is 14.0. The molecule has 4 nitrogen and oxygen atoms in total. The first-order chi connectivity index (χ1) is 15.2. The molecule has 172 valence electrons. The van der Waals surface area contributed by atoms with Gasteiger partial charge in [0.25, 0.3) is 5.91 Å². The predicted molar refractivity (Wildman–Crippen MR) is 130 cm³/mol. The van der Waals surface area contributed by atoms with Gasteiger partial charge in [-0.3, -0.25) is 4.79 Å². The summed E-state index contributed by atoms with van der Waals surface area (Å²) in [6.07, 6.45) is 10.5. The number of hydrogen-bond acceptors (Lipinski definition) is 3. The standard InChI is InChI=1S/C27H35FN2O2/c1-6-18(2)22-11-9-20(28)17-24(22)30-26(31)23-10-7-19(27(3,4)5)8-12-25(23)32-21-13-15-29-16-14-21/h7-12,17,19,21,29H,2,6,13-16H2,1,3-5H3,(H,30,31). The van der Waals surface area contributed by atoms with Crippen LogP contribution in [0.4, 0.5) is 10.1 Å². The summed E-state index contributed by atoms with van der Waals surface area (Å²) in [5, 5.41) is 6.24. The van der Waals surface area contributed by atoms with Gasteiger partial charge in [-0.1, -0.05) is 46.4 Å². The number of carbonyl (C=O) groups is 1. The molecule has 1 aromatic carbocycles. The molecular formula is C27H35FN2O2. The average molecular weight is 439 g/mol. The van der Waals surface area contributed by atoms with E-state index in [9.17, 15) is 9.18 Å². The quantitative estimate of drug-likeness (QED) is 0.573. The molecule has 3 rings (SSSR count). The van der Waals surface area contributed by atoms with Crippen molar-refractivity contribution in [2.45, 2.75) is 53.1 Å². The van der Waals surface area contributed by atoms with Gasteiger partial charge in [-0.05, 0) is 73.7 Å². The van der Waals surface area contributed by atoms with Crippen molar-refractivity contribution >= 4 is 17.2 Å². The largest absolute Gasteiger partial charge is 0.490 e. The van der Waals surface area contributed by atoms with Crippen LogP contribution in [0.1, 0.15) is 52.5 Å². The summed E-state index contributed by atoms with van der Waals surface area (Å²) in [6, 6.07) is 4.39. The fourth-order valence-corrected chi connectivity index (χ4v) is 3.90. The van der Waals surface area contributed by atoms with E-state index in [2.05, 4.69) is 44.1 Å².